The highest BCUT2D eigenvalue weighted by atomic mass is 79.9. The molecule has 0 heterocycles. The lowest BCUT2D eigenvalue weighted by molar-refractivity contribution is -0.137. The number of halogens is 6. The van der Waals surface area contributed by atoms with Crippen molar-refractivity contribution in [3.63, 3.8) is 0 Å². The van der Waals surface area contributed by atoms with Crippen LogP contribution in [0.3, 0.4) is 0 Å². The largest absolute Gasteiger partial charge is 0.416 e. The van der Waals surface area contributed by atoms with E-state index in [4.69, 9.17) is 0 Å². The monoisotopic (exact) mass is 298 g/mol. The molecule has 1 rings (SSSR count). The molecule has 6 heteroatoms. The van der Waals surface area contributed by atoms with E-state index in [2.05, 4.69) is 0 Å². The van der Waals surface area contributed by atoms with Crippen LogP contribution >= 0.6 is 15.9 Å². The zero-order chi connectivity index (χ0) is 12.4. The van der Waals surface area contributed by atoms with Gasteiger partial charge in [0.1, 0.15) is 0 Å². The molecule has 0 aliphatic carbocycles. The second-order valence-electron chi connectivity index (χ2n) is 2.82. The SMILES string of the molecule is FC(F)(Br)C#Cc1ccc(C(F)(F)F)cc1. The Bertz CT molecular complexity index is 416. The van der Waals surface area contributed by atoms with E-state index in [1.165, 1.54) is 0 Å². The van der Waals surface area contributed by atoms with Crippen LogP contribution in [0.15, 0.2) is 24.3 Å². The maximum atomic E-state index is 12.2. The number of alkyl halides is 6. The van der Waals surface area contributed by atoms with Gasteiger partial charge in [0.2, 0.25) is 0 Å². The molecule has 1 aromatic carbocycles. The van der Waals surface area contributed by atoms with Crippen LogP contribution in [0.25, 0.3) is 0 Å². The minimum Gasteiger partial charge on any atom is -0.180 e. The minimum absolute atomic E-state index is 0.0899. The Labute approximate surface area is 96.6 Å². The third kappa shape index (κ3) is 4.19. The summed E-state index contributed by atoms with van der Waals surface area (Å²) < 4.78 is 60.9. The number of benzene rings is 1. The summed E-state index contributed by atoms with van der Waals surface area (Å²) in [6.45, 7) is 0. The standard InChI is InChI=1S/C10H4BrF5/c11-9(12,13)6-5-7-1-3-8(4-2-7)10(14,15)16/h1-4H. The molecule has 0 bridgehead atoms. The fraction of sp³-hybridized carbons (Fsp3) is 0.200. The van der Waals surface area contributed by atoms with Gasteiger partial charge in [-0.1, -0.05) is 5.92 Å². The Kier molecular flexibility index (Phi) is 3.58. The number of rotatable bonds is 0. The summed E-state index contributed by atoms with van der Waals surface area (Å²) in [6.07, 6.45) is -4.44. The van der Waals surface area contributed by atoms with Crippen molar-refractivity contribution in [1.29, 1.82) is 0 Å². The summed E-state index contributed by atoms with van der Waals surface area (Å²) in [5.74, 6) is 3.60. The van der Waals surface area contributed by atoms with Gasteiger partial charge in [0.15, 0.2) is 0 Å². The molecule has 0 N–H and O–H groups in total. The van der Waals surface area contributed by atoms with Gasteiger partial charge < -0.3 is 0 Å². The van der Waals surface area contributed by atoms with Gasteiger partial charge in [0.25, 0.3) is 0 Å². The van der Waals surface area contributed by atoms with E-state index in [9.17, 15) is 22.0 Å². The van der Waals surface area contributed by atoms with Gasteiger partial charge in [-0.15, -0.1) is 0 Å². The molecule has 86 valence electrons. The third-order valence-corrected chi connectivity index (χ3v) is 1.76. The van der Waals surface area contributed by atoms with E-state index in [1.54, 1.807) is 5.92 Å². The van der Waals surface area contributed by atoms with E-state index >= 15 is 0 Å². The Morgan fingerprint density at radius 1 is 0.938 bits per heavy atom. The molecule has 0 fully saturated rings. The highest BCUT2D eigenvalue weighted by molar-refractivity contribution is 9.10. The van der Waals surface area contributed by atoms with E-state index in [0.29, 0.717) is 0 Å². The molecule has 0 amide bonds. The van der Waals surface area contributed by atoms with Crippen molar-refractivity contribution >= 4 is 15.9 Å². The molecule has 1 aromatic rings. The number of hydrogen-bond acceptors (Lipinski definition) is 0. The maximum Gasteiger partial charge on any atom is 0.416 e. The second kappa shape index (κ2) is 4.42. The van der Waals surface area contributed by atoms with Crippen LogP contribution in [0.1, 0.15) is 11.1 Å². The summed E-state index contributed by atoms with van der Waals surface area (Å²) in [5.41, 5.74) is -0.754. The first-order valence-electron chi connectivity index (χ1n) is 3.96. The molecule has 0 aromatic heterocycles. The van der Waals surface area contributed by atoms with Crippen LogP contribution in [0, 0.1) is 11.8 Å². The van der Waals surface area contributed by atoms with Gasteiger partial charge in [0.05, 0.1) is 5.56 Å². The van der Waals surface area contributed by atoms with E-state index in [1.807, 2.05) is 21.9 Å². The smallest absolute Gasteiger partial charge is 0.180 e. The van der Waals surface area contributed by atoms with Gasteiger partial charge in [-0.05, 0) is 30.2 Å². The van der Waals surface area contributed by atoms with Crippen molar-refractivity contribution < 1.29 is 22.0 Å². The first-order valence-corrected chi connectivity index (χ1v) is 4.75. The van der Waals surface area contributed by atoms with E-state index in [0.717, 1.165) is 24.3 Å². The third-order valence-electron chi connectivity index (χ3n) is 1.56. The summed E-state index contributed by atoms with van der Waals surface area (Å²) in [5, 5.41) is 0. The first-order chi connectivity index (χ1) is 7.18. The van der Waals surface area contributed by atoms with Gasteiger partial charge in [-0.3, -0.25) is 0 Å². The lowest BCUT2D eigenvalue weighted by Gasteiger charge is -2.05. The van der Waals surface area contributed by atoms with Gasteiger partial charge in [-0.25, -0.2) is 0 Å². The normalized spacial score (nSPS) is 11.9. The first kappa shape index (κ1) is 13.0. The van der Waals surface area contributed by atoms with E-state index in [-0.39, 0.29) is 5.56 Å². The zero-order valence-electron chi connectivity index (χ0n) is 7.58. The predicted molar refractivity (Wildman–Crippen MR) is 52.2 cm³/mol. The second-order valence-corrected chi connectivity index (χ2v) is 3.82. The average molecular weight is 299 g/mol. The highest BCUT2D eigenvalue weighted by Gasteiger charge is 2.29. The molecule has 0 spiro atoms. The topological polar surface area (TPSA) is 0 Å². The van der Waals surface area contributed by atoms with Crippen molar-refractivity contribution in [2.75, 3.05) is 0 Å². The lowest BCUT2D eigenvalue weighted by atomic mass is 10.1. The molecule has 0 atom stereocenters. The van der Waals surface area contributed by atoms with Crippen molar-refractivity contribution in [3.8, 4) is 11.8 Å². The Morgan fingerprint density at radius 2 is 1.44 bits per heavy atom. The van der Waals surface area contributed by atoms with Crippen molar-refractivity contribution in [1.82, 2.24) is 0 Å². The van der Waals surface area contributed by atoms with Crippen molar-refractivity contribution in [3.05, 3.63) is 35.4 Å². The summed E-state index contributed by atoms with van der Waals surface area (Å²) in [6, 6.07) is 3.65. The molecule has 0 aliphatic heterocycles. The zero-order valence-corrected chi connectivity index (χ0v) is 9.16. The van der Waals surface area contributed by atoms with Crippen LogP contribution in [0.5, 0.6) is 0 Å². The Hall–Kier alpha value is -1.09. The molecule has 16 heavy (non-hydrogen) atoms. The van der Waals surface area contributed by atoms with Crippen molar-refractivity contribution in [2.45, 2.75) is 11.0 Å². The van der Waals surface area contributed by atoms with Crippen molar-refractivity contribution in [2.24, 2.45) is 0 Å². The quantitative estimate of drug-likeness (QED) is 0.385. The summed E-state index contributed by atoms with van der Waals surface area (Å²) in [4.78, 5) is -3.34. The Balaban J connectivity index is 2.91. The van der Waals surface area contributed by atoms with Crippen LogP contribution in [0.4, 0.5) is 22.0 Å². The average Bonchev–Trinajstić information content (AvgIpc) is 2.13. The summed E-state index contributed by atoms with van der Waals surface area (Å²) >= 11 is 2.00. The lowest BCUT2D eigenvalue weighted by Crippen LogP contribution is -2.04. The van der Waals surface area contributed by atoms with Gasteiger partial charge in [-0.2, -0.15) is 22.0 Å². The highest BCUT2D eigenvalue weighted by Crippen LogP contribution is 2.29. The fourth-order valence-electron chi connectivity index (χ4n) is 0.886. The Morgan fingerprint density at radius 3 is 1.81 bits per heavy atom. The molecule has 0 aliphatic rings. The molecular weight excluding hydrogens is 295 g/mol. The van der Waals surface area contributed by atoms with Crippen LogP contribution in [-0.4, -0.2) is 4.83 Å². The molecule has 0 nitrogen and oxygen atoms in total. The molecule has 0 saturated carbocycles. The minimum atomic E-state index is -4.44. The number of hydrogen-bond donors (Lipinski definition) is 0. The van der Waals surface area contributed by atoms with Gasteiger partial charge >= 0.3 is 11.0 Å². The molecule has 0 radical (unpaired) electrons. The van der Waals surface area contributed by atoms with Crippen LogP contribution in [-0.2, 0) is 6.18 Å². The van der Waals surface area contributed by atoms with E-state index < -0.39 is 16.6 Å². The van der Waals surface area contributed by atoms with Crippen LogP contribution < -0.4 is 0 Å². The molecule has 0 saturated heterocycles. The molecular formula is C10H4BrF5. The van der Waals surface area contributed by atoms with Gasteiger partial charge in [0, 0.05) is 21.5 Å². The summed E-state index contributed by atoms with van der Waals surface area (Å²) in [7, 11) is 0. The predicted octanol–water partition coefficient (Wildman–Crippen LogP) is 4.04. The maximum absolute atomic E-state index is 12.2. The fourth-order valence-corrected chi connectivity index (χ4v) is 0.985. The van der Waals surface area contributed by atoms with Crippen LogP contribution in [0.2, 0.25) is 0 Å². The molecule has 0 unspecified atom stereocenters.